The summed E-state index contributed by atoms with van der Waals surface area (Å²) in [4.78, 5) is 22.8. The van der Waals surface area contributed by atoms with Crippen LogP contribution in [0.15, 0.2) is 0 Å². The summed E-state index contributed by atoms with van der Waals surface area (Å²) < 4.78 is 5.37. The lowest BCUT2D eigenvalue weighted by Gasteiger charge is -2.11. The zero-order valence-corrected chi connectivity index (χ0v) is 11.2. The molecule has 1 rings (SSSR count). The number of nitrogen functional groups attached to an aromatic ring is 1. The van der Waals surface area contributed by atoms with E-state index in [2.05, 4.69) is 31.0 Å². The summed E-state index contributed by atoms with van der Waals surface area (Å²) in [5, 5.41) is 5.58. The highest BCUT2D eigenvalue weighted by atomic mass is 16.5. The van der Waals surface area contributed by atoms with Gasteiger partial charge < -0.3 is 15.4 Å². The van der Waals surface area contributed by atoms with Crippen molar-refractivity contribution in [3.8, 4) is 6.01 Å². The number of hydrazine groups is 1. The number of hydrogen-bond donors (Lipinski definition) is 4. The maximum absolute atomic E-state index is 10.7. The van der Waals surface area contributed by atoms with E-state index in [0.717, 1.165) is 0 Å². The minimum absolute atomic E-state index is 0.0553. The molecule has 0 atom stereocenters. The topological polar surface area (TPSA) is 127 Å². The van der Waals surface area contributed by atoms with Gasteiger partial charge in [0.2, 0.25) is 17.8 Å². The van der Waals surface area contributed by atoms with E-state index in [1.165, 1.54) is 6.92 Å². The van der Waals surface area contributed by atoms with Gasteiger partial charge in [0.15, 0.2) is 0 Å². The Bertz CT molecular complexity index is 424. The first-order chi connectivity index (χ1) is 9.01. The Hall–Kier alpha value is -2.16. The molecule has 5 N–H and O–H groups in total. The van der Waals surface area contributed by atoms with Crippen molar-refractivity contribution in [2.24, 2.45) is 5.84 Å². The number of hydrogen-bond acceptors (Lipinski definition) is 8. The molecular formula is C10H19N7O2. The van der Waals surface area contributed by atoms with E-state index in [1.807, 2.05) is 13.8 Å². The summed E-state index contributed by atoms with van der Waals surface area (Å²) in [5.74, 6) is 5.70. The third kappa shape index (κ3) is 5.82. The number of aromatic nitrogens is 3. The van der Waals surface area contributed by atoms with Gasteiger partial charge in [-0.1, -0.05) is 0 Å². The van der Waals surface area contributed by atoms with Gasteiger partial charge in [0.05, 0.1) is 6.10 Å². The van der Waals surface area contributed by atoms with Gasteiger partial charge in [-0.2, -0.15) is 15.0 Å². The Balaban J connectivity index is 2.63. The van der Waals surface area contributed by atoms with Crippen molar-refractivity contribution in [1.82, 2.24) is 20.3 Å². The van der Waals surface area contributed by atoms with E-state index in [1.54, 1.807) is 0 Å². The summed E-state index contributed by atoms with van der Waals surface area (Å²) >= 11 is 0. The smallest absolute Gasteiger partial charge is 0.323 e. The average molecular weight is 269 g/mol. The highest BCUT2D eigenvalue weighted by Gasteiger charge is 2.08. The van der Waals surface area contributed by atoms with Gasteiger partial charge in [-0.05, 0) is 13.8 Å². The quantitative estimate of drug-likeness (QED) is 0.296. The first-order valence-corrected chi connectivity index (χ1v) is 5.89. The molecule has 0 aromatic carbocycles. The summed E-state index contributed by atoms with van der Waals surface area (Å²) in [5.41, 5.74) is 2.34. The van der Waals surface area contributed by atoms with Crippen LogP contribution in [-0.4, -0.2) is 40.1 Å². The molecule has 0 bridgehead atoms. The molecule has 9 heteroatoms. The third-order valence-electron chi connectivity index (χ3n) is 1.87. The molecule has 19 heavy (non-hydrogen) atoms. The lowest BCUT2D eigenvalue weighted by molar-refractivity contribution is -0.118. The van der Waals surface area contributed by atoms with E-state index in [0.29, 0.717) is 19.0 Å². The molecule has 1 heterocycles. The van der Waals surface area contributed by atoms with E-state index >= 15 is 0 Å². The predicted molar refractivity (Wildman–Crippen MR) is 70.6 cm³/mol. The molecule has 0 spiro atoms. The first kappa shape index (κ1) is 14.9. The van der Waals surface area contributed by atoms with Gasteiger partial charge in [0.25, 0.3) is 0 Å². The van der Waals surface area contributed by atoms with Crippen molar-refractivity contribution >= 4 is 17.8 Å². The predicted octanol–water partition coefficient (Wildman–Crippen LogP) is -0.508. The van der Waals surface area contributed by atoms with Crippen LogP contribution in [0.4, 0.5) is 11.9 Å². The summed E-state index contributed by atoms with van der Waals surface area (Å²) in [7, 11) is 0. The Morgan fingerprint density at radius 3 is 2.53 bits per heavy atom. The van der Waals surface area contributed by atoms with Crippen molar-refractivity contribution in [2.45, 2.75) is 26.9 Å². The minimum atomic E-state index is -0.0920. The van der Waals surface area contributed by atoms with E-state index < -0.39 is 0 Å². The molecule has 0 saturated heterocycles. The fourth-order valence-corrected chi connectivity index (χ4v) is 1.18. The molecule has 9 nitrogen and oxygen atoms in total. The van der Waals surface area contributed by atoms with E-state index in [-0.39, 0.29) is 24.0 Å². The second-order valence-electron chi connectivity index (χ2n) is 3.99. The molecule has 0 aliphatic heterocycles. The molecule has 1 amide bonds. The Morgan fingerprint density at radius 2 is 1.95 bits per heavy atom. The molecule has 0 radical (unpaired) electrons. The van der Waals surface area contributed by atoms with Crippen LogP contribution in [0.1, 0.15) is 20.8 Å². The van der Waals surface area contributed by atoms with Crippen molar-refractivity contribution in [1.29, 1.82) is 0 Å². The first-order valence-electron chi connectivity index (χ1n) is 5.89. The Morgan fingerprint density at radius 1 is 1.26 bits per heavy atom. The van der Waals surface area contributed by atoms with Gasteiger partial charge in [0.1, 0.15) is 0 Å². The van der Waals surface area contributed by atoms with Crippen molar-refractivity contribution in [2.75, 3.05) is 23.8 Å². The van der Waals surface area contributed by atoms with Crippen LogP contribution in [-0.2, 0) is 4.79 Å². The number of anilines is 2. The number of carbonyl (C=O) groups is 1. The minimum Gasteiger partial charge on any atom is -0.461 e. The maximum Gasteiger partial charge on any atom is 0.323 e. The summed E-state index contributed by atoms with van der Waals surface area (Å²) in [6, 6.07) is 0.181. The molecule has 1 aromatic rings. The number of carbonyl (C=O) groups excluding carboxylic acids is 1. The van der Waals surface area contributed by atoms with Crippen molar-refractivity contribution in [3.63, 3.8) is 0 Å². The monoisotopic (exact) mass is 269 g/mol. The van der Waals surface area contributed by atoms with Gasteiger partial charge in [-0.15, -0.1) is 0 Å². The van der Waals surface area contributed by atoms with Crippen LogP contribution in [0.5, 0.6) is 6.01 Å². The maximum atomic E-state index is 10.7. The van der Waals surface area contributed by atoms with Crippen LogP contribution < -0.4 is 26.6 Å². The number of ether oxygens (including phenoxy) is 1. The van der Waals surface area contributed by atoms with Gasteiger partial charge >= 0.3 is 6.01 Å². The largest absolute Gasteiger partial charge is 0.461 e. The highest BCUT2D eigenvalue weighted by molar-refractivity contribution is 5.72. The van der Waals surface area contributed by atoms with E-state index in [9.17, 15) is 4.79 Å². The highest BCUT2D eigenvalue weighted by Crippen LogP contribution is 2.11. The standard InChI is InChI=1S/C10H19N7O2/c1-6(2)19-10-15-8(14-9(16-10)17-11)13-5-4-12-7(3)18/h6H,4-5,11H2,1-3H3,(H,12,18)(H2,13,14,15,16,17). The number of amides is 1. The molecule has 106 valence electrons. The number of nitrogens with two attached hydrogens (primary N) is 1. The zero-order chi connectivity index (χ0) is 14.3. The normalized spacial score (nSPS) is 10.2. The van der Waals surface area contributed by atoms with Crippen molar-refractivity contribution < 1.29 is 9.53 Å². The lowest BCUT2D eigenvalue weighted by Crippen LogP contribution is -2.27. The van der Waals surface area contributed by atoms with Crippen LogP contribution in [0, 0.1) is 0 Å². The van der Waals surface area contributed by atoms with Gasteiger partial charge in [0, 0.05) is 20.0 Å². The van der Waals surface area contributed by atoms with Gasteiger partial charge in [-0.3, -0.25) is 10.2 Å². The molecule has 0 aliphatic carbocycles. The van der Waals surface area contributed by atoms with E-state index in [4.69, 9.17) is 10.6 Å². The fourth-order valence-electron chi connectivity index (χ4n) is 1.18. The van der Waals surface area contributed by atoms with Crippen molar-refractivity contribution in [3.05, 3.63) is 0 Å². The number of rotatable bonds is 7. The fraction of sp³-hybridized carbons (Fsp3) is 0.600. The van der Waals surface area contributed by atoms with Crippen LogP contribution in [0.3, 0.4) is 0 Å². The number of nitrogens with one attached hydrogen (secondary N) is 3. The van der Waals surface area contributed by atoms with Gasteiger partial charge in [-0.25, -0.2) is 5.84 Å². The summed E-state index contributed by atoms with van der Waals surface area (Å²) in [6.07, 6.45) is -0.0553. The summed E-state index contributed by atoms with van der Waals surface area (Å²) in [6.45, 7) is 6.13. The Kier molecular flexibility index (Phi) is 5.73. The van der Waals surface area contributed by atoms with Crippen LogP contribution in [0.2, 0.25) is 0 Å². The molecule has 0 saturated carbocycles. The third-order valence-corrected chi connectivity index (χ3v) is 1.87. The van der Waals surface area contributed by atoms with Crippen LogP contribution >= 0.6 is 0 Å². The number of nitrogens with zero attached hydrogens (tertiary/aromatic N) is 3. The molecule has 1 aromatic heterocycles. The Labute approximate surface area is 111 Å². The van der Waals surface area contributed by atoms with Crippen LogP contribution in [0.25, 0.3) is 0 Å². The second kappa shape index (κ2) is 7.31. The molecule has 0 aliphatic rings. The molecule has 0 unspecified atom stereocenters. The molecular weight excluding hydrogens is 250 g/mol. The lowest BCUT2D eigenvalue weighted by atomic mass is 10.5. The molecule has 0 fully saturated rings. The average Bonchev–Trinajstić information content (AvgIpc) is 2.33. The second-order valence-corrected chi connectivity index (χ2v) is 3.99. The SMILES string of the molecule is CC(=O)NCCNc1nc(NN)nc(OC(C)C)n1. The zero-order valence-electron chi connectivity index (χ0n) is 11.2.